The van der Waals surface area contributed by atoms with Crippen LogP contribution in [0.25, 0.3) is 0 Å². The molecule has 24 heavy (non-hydrogen) atoms. The molecule has 0 aliphatic heterocycles. The molecule has 2 aromatic rings. The van der Waals surface area contributed by atoms with Gasteiger partial charge in [-0.1, -0.05) is 53.5 Å². The minimum Gasteiger partial charge on any atom is -0.491 e. The van der Waals surface area contributed by atoms with Gasteiger partial charge in [-0.25, -0.2) is 0 Å². The first-order valence-electron chi connectivity index (χ1n) is 7.57. The van der Waals surface area contributed by atoms with Gasteiger partial charge in [0, 0.05) is 10.8 Å². The Hall–Kier alpha value is -1.36. The second-order valence-corrected chi connectivity index (χ2v) is 7.06. The van der Waals surface area contributed by atoms with E-state index in [-0.39, 0.29) is 11.9 Å². The van der Waals surface area contributed by atoms with Crippen LogP contribution in [-0.2, 0) is 4.79 Å². The van der Waals surface area contributed by atoms with Gasteiger partial charge in [0.05, 0.1) is 23.4 Å². The summed E-state index contributed by atoms with van der Waals surface area (Å²) in [4.78, 5) is 12.0. The van der Waals surface area contributed by atoms with Crippen molar-refractivity contribution in [3.8, 4) is 5.75 Å². The molecule has 1 atom stereocenters. The van der Waals surface area contributed by atoms with Crippen LogP contribution in [0.4, 0.5) is 0 Å². The predicted octanol–water partition coefficient (Wildman–Crippen LogP) is 4.98. The van der Waals surface area contributed by atoms with E-state index in [1.54, 1.807) is 6.07 Å². The Labute approximate surface area is 156 Å². The van der Waals surface area contributed by atoms with Gasteiger partial charge >= 0.3 is 0 Å². The number of carbonyl (C=O) groups excluding carboxylic acids is 1. The van der Waals surface area contributed by atoms with Crippen LogP contribution in [0, 0.1) is 0 Å². The molecule has 0 aliphatic rings. The highest BCUT2D eigenvalue weighted by molar-refractivity contribution is 7.99. The fourth-order valence-corrected chi connectivity index (χ4v) is 3.23. The van der Waals surface area contributed by atoms with Gasteiger partial charge in [0.25, 0.3) is 0 Å². The molecule has 0 fully saturated rings. The Morgan fingerprint density at radius 2 is 1.79 bits per heavy atom. The zero-order valence-electron chi connectivity index (χ0n) is 13.3. The summed E-state index contributed by atoms with van der Waals surface area (Å²) in [6.45, 7) is 2.42. The van der Waals surface area contributed by atoms with Crippen LogP contribution in [-0.4, -0.2) is 24.0 Å². The van der Waals surface area contributed by atoms with Gasteiger partial charge in [0.1, 0.15) is 5.75 Å². The van der Waals surface area contributed by atoms with Crippen LogP contribution >= 0.6 is 35.0 Å². The first-order chi connectivity index (χ1) is 11.6. The maximum atomic E-state index is 12.0. The van der Waals surface area contributed by atoms with Gasteiger partial charge in [0.15, 0.2) is 0 Å². The van der Waals surface area contributed by atoms with E-state index >= 15 is 0 Å². The molecule has 0 heterocycles. The van der Waals surface area contributed by atoms with Crippen LogP contribution in [0.1, 0.15) is 18.5 Å². The highest BCUT2D eigenvalue weighted by Gasteiger charge is 2.12. The molecule has 0 aromatic heterocycles. The lowest BCUT2D eigenvalue weighted by Crippen LogP contribution is -2.28. The third kappa shape index (κ3) is 5.93. The fraction of sp³-hybridized carbons (Fsp3) is 0.278. The lowest BCUT2D eigenvalue weighted by molar-refractivity contribution is -0.119. The first-order valence-corrected chi connectivity index (χ1v) is 9.48. The fourth-order valence-electron chi connectivity index (χ4n) is 2.12. The third-order valence-electron chi connectivity index (χ3n) is 3.30. The van der Waals surface area contributed by atoms with Crippen molar-refractivity contribution in [2.45, 2.75) is 13.0 Å². The highest BCUT2D eigenvalue weighted by atomic mass is 35.5. The summed E-state index contributed by atoms with van der Waals surface area (Å²) >= 11 is 13.7. The topological polar surface area (TPSA) is 38.3 Å². The molecule has 0 aliphatic carbocycles. The minimum absolute atomic E-state index is 0.0230. The Morgan fingerprint density at radius 1 is 1.12 bits per heavy atom. The Kier molecular flexibility index (Phi) is 7.76. The van der Waals surface area contributed by atoms with Crippen molar-refractivity contribution in [1.29, 1.82) is 0 Å². The highest BCUT2D eigenvalue weighted by Crippen LogP contribution is 2.23. The average molecular weight is 384 g/mol. The largest absolute Gasteiger partial charge is 0.491 e. The molecular weight excluding hydrogens is 365 g/mol. The standard InChI is InChI=1S/C18H19Cl2NO2S/c1-13(14-6-2-3-7-15(14)19)21-18(22)12-24-11-10-23-17-9-5-4-8-16(17)20/h2-9,13H,10-12H2,1H3,(H,21,22)/t13-/m0/s1. The van der Waals surface area contributed by atoms with Gasteiger partial charge in [-0.05, 0) is 30.7 Å². The van der Waals surface area contributed by atoms with Gasteiger partial charge in [-0.15, -0.1) is 11.8 Å². The summed E-state index contributed by atoms with van der Waals surface area (Å²) in [7, 11) is 0. The molecule has 1 amide bonds. The summed E-state index contributed by atoms with van der Waals surface area (Å²) in [5.41, 5.74) is 0.916. The number of ether oxygens (including phenoxy) is 1. The smallest absolute Gasteiger partial charge is 0.230 e. The number of rotatable bonds is 8. The van der Waals surface area contributed by atoms with Crippen molar-refractivity contribution in [2.24, 2.45) is 0 Å². The van der Waals surface area contributed by atoms with E-state index < -0.39 is 0 Å². The Bertz CT molecular complexity index is 682. The van der Waals surface area contributed by atoms with Crippen molar-refractivity contribution < 1.29 is 9.53 Å². The number of nitrogens with one attached hydrogen (secondary N) is 1. The van der Waals surface area contributed by atoms with E-state index in [4.69, 9.17) is 27.9 Å². The van der Waals surface area contributed by atoms with Gasteiger partial charge in [-0.2, -0.15) is 0 Å². The van der Waals surface area contributed by atoms with E-state index in [2.05, 4.69) is 5.32 Å². The van der Waals surface area contributed by atoms with Crippen molar-refractivity contribution in [1.82, 2.24) is 5.32 Å². The molecule has 0 radical (unpaired) electrons. The predicted molar refractivity (Wildman–Crippen MR) is 102 cm³/mol. The van der Waals surface area contributed by atoms with Crippen molar-refractivity contribution in [2.75, 3.05) is 18.1 Å². The number of carbonyl (C=O) groups is 1. The molecule has 0 spiro atoms. The summed E-state index contributed by atoms with van der Waals surface area (Å²) in [5, 5.41) is 4.20. The van der Waals surface area contributed by atoms with E-state index in [1.165, 1.54) is 11.8 Å². The number of benzene rings is 2. The normalized spacial score (nSPS) is 11.8. The molecule has 6 heteroatoms. The minimum atomic E-state index is -0.119. The van der Waals surface area contributed by atoms with Gasteiger partial charge in [0.2, 0.25) is 5.91 Å². The molecule has 2 rings (SSSR count). The number of hydrogen-bond donors (Lipinski definition) is 1. The van der Waals surface area contributed by atoms with Gasteiger partial charge in [-0.3, -0.25) is 4.79 Å². The van der Waals surface area contributed by atoms with Crippen LogP contribution in [0.15, 0.2) is 48.5 Å². The van der Waals surface area contributed by atoms with E-state index in [9.17, 15) is 4.79 Å². The molecule has 0 saturated carbocycles. The lowest BCUT2D eigenvalue weighted by atomic mass is 10.1. The number of halogens is 2. The van der Waals surface area contributed by atoms with E-state index in [0.717, 1.165) is 5.56 Å². The van der Waals surface area contributed by atoms with Crippen LogP contribution in [0.5, 0.6) is 5.75 Å². The number of amides is 1. The average Bonchev–Trinajstić information content (AvgIpc) is 2.56. The Morgan fingerprint density at radius 3 is 2.50 bits per heavy atom. The summed E-state index contributed by atoms with van der Waals surface area (Å²) < 4.78 is 5.58. The lowest BCUT2D eigenvalue weighted by Gasteiger charge is -2.15. The molecule has 2 aromatic carbocycles. The number of thioether (sulfide) groups is 1. The molecular formula is C18H19Cl2NO2S. The molecule has 128 valence electrons. The van der Waals surface area contributed by atoms with Crippen molar-refractivity contribution >= 4 is 40.9 Å². The second kappa shape index (κ2) is 9.82. The zero-order chi connectivity index (χ0) is 17.4. The molecule has 3 nitrogen and oxygen atoms in total. The number of hydrogen-bond acceptors (Lipinski definition) is 3. The number of para-hydroxylation sites is 1. The maximum Gasteiger partial charge on any atom is 0.230 e. The van der Waals surface area contributed by atoms with Crippen molar-refractivity contribution in [3.05, 3.63) is 64.1 Å². The molecule has 0 unspecified atom stereocenters. The second-order valence-electron chi connectivity index (χ2n) is 5.14. The van der Waals surface area contributed by atoms with Crippen LogP contribution in [0.2, 0.25) is 10.0 Å². The van der Waals surface area contributed by atoms with Gasteiger partial charge < -0.3 is 10.1 Å². The maximum absolute atomic E-state index is 12.0. The monoisotopic (exact) mass is 383 g/mol. The van der Waals surface area contributed by atoms with E-state index in [0.29, 0.717) is 33.9 Å². The molecule has 0 bridgehead atoms. The summed E-state index contributed by atoms with van der Waals surface area (Å²) in [6.07, 6.45) is 0. The molecule has 1 N–H and O–H groups in total. The third-order valence-corrected chi connectivity index (χ3v) is 4.88. The summed E-state index contributed by atoms with van der Waals surface area (Å²) in [5.74, 6) is 1.72. The zero-order valence-corrected chi connectivity index (χ0v) is 15.6. The first kappa shape index (κ1) is 19.0. The Balaban J connectivity index is 1.67. The van der Waals surface area contributed by atoms with Crippen LogP contribution < -0.4 is 10.1 Å². The SMILES string of the molecule is C[C@H](NC(=O)CSCCOc1ccccc1Cl)c1ccccc1Cl. The van der Waals surface area contributed by atoms with Crippen LogP contribution in [0.3, 0.4) is 0 Å². The summed E-state index contributed by atoms with van der Waals surface area (Å²) in [6, 6.07) is 14.7. The quantitative estimate of drug-likeness (QED) is 0.652. The molecule has 0 saturated heterocycles. The van der Waals surface area contributed by atoms with Crippen molar-refractivity contribution in [3.63, 3.8) is 0 Å². The van der Waals surface area contributed by atoms with E-state index in [1.807, 2.05) is 49.4 Å².